The van der Waals surface area contributed by atoms with E-state index in [1.54, 1.807) is 24.5 Å². The third kappa shape index (κ3) is 1.33. The van der Waals surface area contributed by atoms with E-state index in [9.17, 15) is 4.79 Å². The van der Waals surface area contributed by atoms with E-state index >= 15 is 0 Å². The molecule has 0 radical (unpaired) electrons. The number of aromatic amines is 1. The molecule has 0 fully saturated rings. The van der Waals surface area contributed by atoms with Crippen molar-refractivity contribution in [2.75, 3.05) is 0 Å². The zero-order valence-electron chi connectivity index (χ0n) is 7.50. The predicted octanol–water partition coefficient (Wildman–Crippen LogP) is 1.75. The van der Waals surface area contributed by atoms with Gasteiger partial charge in [-0.25, -0.2) is 0 Å². The Morgan fingerprint density at radius 3 is 2.77 bits per heavy atom. The SMILES string of the molecule is Cc1ccsc1-c1cc(=O)n(C)[nH]1. The summed E-state index contributed by atoms with van der Waals surface area (Å²) in [5, 5.41) is 5.03. The van der Waals surface area contributed by atoms with Crippen LogP contribution in [0.2, 0.25) is 0 Å². The summed E-state index contributed by atoms with van der Waals surface area (Å²) in [4.78, 5) is 12.3. The van der Waals surface area contributed by atoms with Gasteiger partial charge in [0.05, 0.1) is 10.6 Å². The molecule has 0 atom stereocenters. The smallest absolute Gasteiger partial charge is 0.266 e. The molecule has 0 aliphatic heterocycles. The number of H-pyrrole nitrogens is 1. The maximum atomic E-state index is 11.2. The summed E-state index contributed by atoms with van der Waals surface area (Å²) in [6.07, 6.45) is 0. The number of thiophene rings is 1. The summed E-state index contributed by atoms with van der Waals surface area (Å²) in [6.45, 7) is 2.04. The Labute approximate surface area is 79.6 Å². The van der Waals surface area contributed by atoms with Crippen molar-refractivity contribution < 1.29 is 0 Å². The van der Waals surface area contributed by atoms with E-state index in [-0.39, 0.29) is 5.56 Å². The van der Waals surface area contributed by atoms with Gasteiger partial charge in [0.2, 0.25) is 0 Å². The van der Waals surface area contributed by atoms with Crippen molar-refractivity contribution >= 4 is 11.3 Å². The Balaban J connectivity index is 2.59. The summed E-state index contributed by atoms with van der Waals surface area (Å²) >= 11 is 1.64. The molecule has 0 spiro atoms. The van der Waals surface area contributed by atoms with Gasteiger partial charge in [-0.15, -0.1) is 11.3 Å². The van der Waals surface area contributed by atoms with Crippen molar-refractivity contribution in [1.82, 2.24) is 9.78 Å². The van der Waals surface area contributed by atoms with Gasteiger partial charge in [0.1, 0.15) is 0 Å². The number of rotatable bonds is 1. The Kier molecular flexibility index (Phi) is 1.84. The molecule has 0 bridgehead atoms. The van der Waals surface area contributed by atoms with Crippen molar-refractivity contribution in [3.8, 4) is 10.6 Å². The van der Waals surface area contributed by atoms with E-state index < -0.39 is 0 Å². The van der Waals surface area contributed by atoms with Crippen LogP contribution < -0.4 is 5.56 Å². The molecule has 13 heavy (non-hydrogen) atoms. The second-order valence-corrected chi connectivity index (χ2v) is 3.92. The minimum atomic E-state index is 0.00259. The third-order valence-electron chi connectivity index (χ3n) is 1.99. The Bertz CT molecular complexity index is 478. The summed E-state index contributed by atoms with van der Waals surface area (Å²) in [5.41, 5.74) is 2.11. The quantitative estimate of drug-likeness (QED) is 0.738. The standard InChI is InChI=1S/C9H10N2OS/c1-6-3-4-13-9(6)7-5-8(12)11(2)10-7/h3-5,10H,1-2H3. The molecular weight excluding hydrogens is 184 g/mol. The van der Waals surface area contributed by atoms with Gasteiger partial charge in [0.25, 0.3) is 5.56 Å². The highest BCUT2D eigenvalue weighted by molar-refractivity contribution is 7.13. The average molecular weight is 194 g/mol. The molecule has 2 aromatic heterocycles. The molecule has 0 aromatic carbocycles. The summed E-state index contributed by atoms with van der Waals surface area (Å²) in [7, 11) is 1.72. The molecular formula is C9H10N2OS. The summed E-state index contributed by atoms with van der Waals surface area (Å²) in [6, 6.07) is 3.67. The fourth-order valence-electron chi connectivity index (χ4n) is 1.25. The van der Waals surface area contributed by atoms with E-state index in [1.165, 1.54) is 10.2 Å². The van der Waals surface area contributed by atoms with Gasteiger partial charge in [-0.2, -0.15) is 0 Å². The lowest BCUT2D eigenvalue weighted by Crippen LogP contribution is -2.09. The molecule has 0 unspecified atom stereocenters. The van der Waals surface area contributed by atoms with Crippen LogP contribution in [0.1, 0.15) is 5.56 Å². The van der Waals surface area contributed by atoms with Gasteiger partial charge in [0, 0.05) is 13.1 Å². The van der Waals surface area contributed by atoms with E-state index in [0.717, 1.165) is 10.6 Å². The van der Waals surface area contributed by atoms with Gasteiger partial charge in [-0.1, -0.05) is 0 Å². The molecule has 0 saturated heterocycles. The average Bonchev–Trinajstić information content (AvgIpc) is 2.60. The number of hydrogen-bond acceptors (Lipinski definition) is 2. The van der Waals surface area contributed by atoms with Gasteiger partial charge in [-0.05, 0) is 23.9 Å². The molecule has 2 aromatic rings. The highest BCUT2D eigenvalue weighted by Gasteiger charge is 2.06. The van der Waals surface area contributed by atoms with Crippen molar-refractivity contribution in [1.29, 1.82) is 0 Å². The minimum Gasteiger partial charge on any atom is -0.294 e. The van der Waals surface area contributed by atoms with Crippen LogP contribution in [0.15, 0.2) is 22.3 Å². The molecule has 0 aliphatic rings. The van der Waals surface area contributed by atoms with E-state index in [1.807, 2.05) is 18.4 Å². The maximum Gasteiger partial charge on any atom is 0.266 e. The number of aromatic nitrogens is 2. The molecule has 0 saturated carbocycles. The number of hydrogen-bond donors (Lipinski definition) is 1. The van der Waals surface area contributed by atoms with Crippen LogP contribution in [-0.4, -0.2) is 9.78 Å². The van der Waals surface area contributed by atoms with E-state index in [0.29, 0.717) is 0 Å². The Morgan fingerprint density at radius 1 is 1.54 bits per heavy atom. The zero-order valence-corrected chi connectivity index (χ0v) is 8.31. The van der Waals surface area contributed by atoms with E-state index in [2.05, 4.69) is 5.10 Å². The number of aryl methyl sites for hydroxylation is 2. The fourth-order valence-corrected chi connectivity index (χ4v) is 2.15. The highest BCUT2D eigenvalue weighted by atomic mass is 32.1. The molecule has 1 N–H and O–H groups in total. The predicted molar refractivity (Wildman–Crippen MR) is 54.1 cm³/mol. The highest BCUT2D eigenvalue weighted by Crippen LogP contribution is 2.25. The van der Waals surface area contributed by atoms with Crippen LogP contribution in [0.25, 0.3) is 10.6 Å². The molecule has 68 valence electrons. The lowest BCUT2D eigenvalue weighted by atomic mass is 10.2. The van der Waals surface area contributed by atoms with Crippen LogP contribution in [0.5, 0.6) is 0 Å². The Morgan fingerprint density at radius 2 is 2.31 bits per heavy atom. The first-order valence-electron chi connectivity index (χ1n) is 3.99. The summed E-state index contributed by atoms with van der Waals surface area (Å²) in [5.74, 6) is 0. The molecule has 2 heterocycles. The fraction of sp³-hybridized carbons (Fsp3) is 0.222. The number of nitrogens with zero attached hydrogens (tertiary/aromatic N) is 1. The first-order chi connectivity index (χ1) is 6.18. The van der Waals surface area contributed by atoms with Crippen molar-refractivity contribution in [3.05, 3.63) is 33.4 Å². The molecule has 0 amide bonds. The monoisotopic (exact) mass is 194 g/mol. The second-order valence-electron chi connectivity index (χ2n) is 3.00. The molecule has 3 nitrogen and oxygen atoms in total. The van der Waals surface area contributed by atoms with E-state index in [4.69, 9.17) is 0 Å². The topological polar surface area (TPSA) is 37.8 Å². The van der Waals surface area contributed by atoms with Crippen LogP contribution >= 0.6 is 11.3 Å². The zero-order chi connectivity index (χ0) is 9.42. The van der Waals surface area contributed by atoms with Crippen LogP contribution in [0.4, 0.5) is 0 Å². The first-order valence-corrected chi connectivity index (χ1v) is 4.87. The largest absolute Gasteiger partial charge is 0.294 e. The normalized spacial score (nSPS) is 10.6. The van der Waals surface area contributed by atoms with Crippen LogP contribution in [0, 0.1) is 6.92 Å². The van der Waals surface area contributed by atoms with Gasteiger partial charge >= 0.3 is 0 Å². The number of nitrogens with one attached hydrogen (secondary N) is 1. The lowest BCUT2D eigenvalue weighted by Gasteiger charge is -1.93. The third-order valence-corrected chi connectivity index (χ3v) is 3.04. The minimum absolute atomic E-state index is 0.00259. The van der Waals surface area contributed by atoms with Gasteiger partial charge in [0.15, 0.2) is 0 Å². The molecule has 2 rings (SSSR count). The second kappa shape index (κ2) is 2.88. The van der Waals surface area contributed by atoms with Gasteiger partial charge < -0.3 is 0 Å². The lowest BCUT2D eigenvalue weighted by molar-refractivity contribution is 0.743. The van der Waals surface area contributed by atoms with Crippen molar-refractivity contribution in [2.45, 2.75) is 6.92 Å². The maximum absolute atomic E-state index is 11.2. The molecule has 0 aliphatic carbocycles. The van der Waals surface area contributed by atoms with Crippen molar-refractivity contribution in [2.24, 2.45) is 7.05 Å². The summed E-state index contributed by atoms with van der Waals surface area (Å²) < 4.78 is 1.48. The Hall–Kier alpha value is -1.29. The van der Waals surface area contributed by atoms with Crippen LogP contribution in [0.3, 0.4) is 0 Å². The van der Waals surface area contributed by atoms with Crippen LogP contribution in [-0.2, 0) is 7.05 Å². The van der Waals surface area contributed by atoms with Crippen molar-refractivity contribution in [3.63, 3.8) is 0 Å². The van der Waals surface area contributed by atoms with Gasteiger partial charge in [-0.3, -0.25) is 14.6 Å². The molecule has 4 heteroatoms. The first kappa shape index (κ1) is 8.31.